The molecular weight excluding hydrogens is 202 g/mol. The fraction of sp³-hybridized carbons (Fsp3) is 0.462. The van der Waals surface area contributed by atoms with E-state index in [0.717, 1.165) is 5.56 Å². The van der Waals surface area contributed by atoms with Crippen molar-refractivity contribution in [2.75, 3.05) is 7.11 Å². The smallest absolute Gasteiger partial charge is 0.307 e. The standard InChI is InChI=1S/C13H17NO2/c1-16-13(15)8-12(14)11-4-2-3-10(7-11)9-5-6-9/h2-4,7,9,12H,5-6,8,14H2,1H3/t12-/m0/s1. The molecule has 1 aromatic carbocycles. The normalized spacial score (nSPS) is 16.9. The molecule has 0 saturated heterocycles. The summed E-state index contributed by atoms with van der Waals surface area (Å²) in [7, 11) is 1.38. The fourth-order valence-electron chi connectivity index (χ4n) is 1.84. The lowest BCUT2D eigenvalue weighted by Gasteiger charge is -2.11. The molecule has 0 unspecified atom stereocenters. The summed E-state index contributed by atoms with van der Waals surface area (Å²) in [5.41, 5.74) is 8.33. The van der Waals surface area contributed by atoms with Gasteiger partial charge in [0.15, 0.2) is 0 Å². The van der Waals surface area contributed by atoms with Gasteiger partial charge in [-0.15, -0.1) is 0 Å². The molecule has 2 N–H and O–H groups in total. The molecule has 0 aliphatic heterocycles. The predicted octanol–water partition coefficient (Wildman–Crippen LogP) is 2.13. The lowest BCUT2D eigenvalue weighted by molar-refractivity contribution is -0.141. The van der Waals surface area contributed by atoms with Gasteiger partial charge in [0.2, 0.25) is 0 Å². The highest BCUT2D eigenvalue weighted by Crippen LogP contribution is 2.40. The van der Waals surface area contributed by atoms with Crippen LogP contribution in [0.4, 0.5) is 0 Å². The Hall–Kier alpha value is -1.35. The van der Waals surface area contributed by atoms with Crippen LogP contribution in [0.25, 0.3) is 0 Å². The Morgan fingerprint density at radius 2 is 2.31 bits per heavy atom. The van der Waals surface area contributed by atoms with Gasteiger partial charge in [-0.3, -0.25) is 4.79 Å². The van der Waals surface area contributed by atoms with Crippen LogP contribution < -0.4 is 5.73 Å². The maximum atomic E-state index is 11.1. The van der Waals surface area contributed by atoms with Gasteiger partial charge in [-0.2, -0.15) is 0 Å². The first kappa shape index (κ1) is 11.1. The van der Waals surface area contributed by atoms with Crippen molar-refractivity contribution in [1.29, 1.82) is 0 Å². The third-order valence-corrected chi connectivity index (χ3v) is 3.00. The molecule has 3 nitrogen and oxygen atoms in total. The number of hydrogen-bond acceptors (Lipinski definition) is 3. The van der Waals surface area contributed by atoms with Gasteiger partial charge >= 0.3 is 5.97 Å². The highest BCUT2D eigenvalue weighted by Gasteiger charge is 2.24. The minimum absolute atomic E-state index is 0.241. The molecule has 86 valence electrons. The zero-order chi connectivity index (χ0) is 11.5. The molecule has 0 spiro atoms. The molecule has 1 saturated carbocycles. The van der Waals surface area contributed by atoms with Crippen molar-refractivity contribution in [3.05, 3.63) is 35.4 Å². The lowest BCUT2D eigenvalue weighted by atomic mass is 10.0. The molecule has 0 amide bonds. The summed E-state index contributed by atoms with van der Waals surface area (Å²) in [6, 6.07) is 7.97. The molecule has 0 aromatic heterocycles. The van der Waals surface area contributed by atoms with E-state index in [0.29, 0.717) is 5.92 Å². The van der Waals surface area contributed by atoms with E-state index in [1.807, 2.05) is 12.1 Å². The van der Waals surface area contributed by atoms with E-state index < -0.39 is 0 Å². The monoisotopic (exact) mass is 219 g/mol. The van der Waals surface area contributed by atoms with E-state index in [-0.39, 0.29) is 18.4 Å². The zero-order valence-corrected chi connectivity index (χ0v) is 9.48. The summed E-state index contributed by atoms with van der Waals surface area (Å²) in [6.07, 6.45) is 2.79. The van der Waals surface area contributed by atoms with E-state index >= 15 is 0 Å². The molecule has 0 bridgehead atoms. The van der Waals surface area contributed by atoms with E-state index in [1.54, 1.807) is 0 Å². The molecule has 1 fully saturated rings. The molecular formula is C13H17NO2. The Labute approximate surface area is 95.6 Å². The van der Waals surface area contributed by atoms with Gasteiger partial charge in [0.25, 0.3) is 0 Å². The molecule has 1 aliphatic rings. The minimum Gasteiger partial charge on any atom is -0.469 e. The first-order valence-electron chi connectivity index (χ1n) is 5.63. The number of benzene rings is 1. The maximum Gasteiger partial charge on any atom is 0.307 e. The third kappa shape index (κ3) is 2.61. The van der Waals surface area contributed by atoms with Crippen LogP contribution in [0, 0.1) is 0 Å². The third-order valence-electron chi connectivity index (χ3n) is 3.00. The molecule has 2 rings (SSSR count). The SMILES string of the molecule is COC(=O)C[C@H](N)c1cccc(C2CC2)c1. The summed E-state index contributed by atoms with van der Waals surface area (Å²) in [4.78, 5) is 11.1. The second kappa shape index (κ2) is 4.66. The van der Waals surface area contributed by atoms with Crippen LogP contribution in [-0.4, -0.2) is 13.1 Å². The topological polar surface area (TPSA) is 52.3 Å². The average Bonchev–Trinajstić information content (AvgIpc) is 3.13. The molecule has 1 atom stereocenters. The maximum absolute atomic E-state index is 11.1. The Morgan fingerprint density at radius 1 is 1.56 bits per heavy atom. The average molecular weight is 219 g/mol. The number of carbonyl (C=O) groups is 1. The Balaban J connectivity index is 2.07. The number of rotatable bonds is 4. The van der Waals surface area contributed by atoms with Crippen molar-refractivity contribution in [2.24, 2.45) is 5.73 Å². The number of methoxy groups -OCH3 is 1. The van der Waals surface area contributed by atoms with Crippen molar-refractivity contribution in [2.45, 2.75) is 31.2 Å². The van der Waals surface area contributed by atoms with Crippen LogP contribution in [0.2, 0.25) is 0 Å². The molecule has 0 heterocycles. The first-order chi connectivity index (χ1) is 7.70. The quantitative estimate of drug-likeness (QED) is 0.789. The van der Waals surface area contributed by atoms with E-state index in [2.05, 4.69) is 16.9 Å². The fourth-order valence-corrected chi connectivity index (χ4v) is 1.84. The van der Waals surface area contributed by atoms with Crippen molar-refractivity contribution < 1.29 is 9.53 Å². The Morgan fingerprint density at radius 3 is 2.94 bits per heavy atom. The number of carbonyl (C=O) groups excluding carboxylic acids is 1. The molecule has 1 aliphatic carbocycles. The van der Waals surface area contributed by atoms with Crippen LogP contribution in [-0.2, 0) is 9.53 Å². The number of esters is 1. The highest BCUT2D eigenvalue weighted by atomic mass is 16.5. The van der Waals surface area contributed by atoms with Gasteiger partial charge in [0, 0.05) is 6.04 Å². The van der Waals surface area contributed by atoms with Gasteiger partial charge in [0.1, 0.15) is 0 Å². The molecule has 16 heavy (non-hydrogen) atoms. The van der Waals surface area contributed by atoms with E-state index in [4.69, 9.17) is 5.73 Å². The molecule has 3 heteroatoms. The second-order valence-corrected chi connectivity index (χ2v) is 4.33. The lowest BCUT2D eigenvalue weighted by Crippen LogP contribution is -2.16. The van der Waals surface area contributed by atoms with Gasteiger partial charge in [-0.05, 0) is 29.9 Å². The Kier molecular flexibility index (Phi) is 3.25. The van der Waals surface area contributed by atoms with Crippen LogP contribution in [0.5, 0.6) is 0 Å². The van der Waals surface area contributed by atoms with Crippen LogP contribution >= 0.6 is 0 Å². The minimum atomic E-state index is -0.260. The number of hydrogen-bond donors (Lipinski definition) is 1. The van der Waals surface area contributed by atoms with Crippen LogP contribution in [0.15, 0.2) is 24.3 Å². The summed E-state index contributed by atoms with van der Waals surface area (Å²) in [5.74, 6) is 0.453. The van der Waals surface area contributed by atoms with Crippen molar-refractivity contribution >= 4 is 5.97 Å². The number of nitrogens with two attached hydrogens (primary N) is 1. The molecule has 0 radical (unpaired) electrons. The Bertz CT molecular complexity index is 385. The van der Waals surface area contributed by atoms with E-state index in [1.165, 1.54) is 25.5 Å². The number of ether oxygens (including phenoxy) is 1. The summed E-state index contributed by atoms with van der Waals surface area (Å²) in [6.45, 7) is 0. The van der Waals surface area contributed by atoms with E-state index in [9.17, 15) is 4.79 Å². The van der Waals surface area contributed by atoms with Crippen molar-refractivity contribution in [3.8, 4) is 0 Å². The van der Waals surface area contributed by atoms with Crippen LogP contribution in [0.1, 0.15) is 42.3 Å². The van der Waals surface area contributed by atoms with Gasteiger partial charge in [-0.25, -0.2) is 0 Å². The largest absolute Gasteiger partial charge is 0.469 e. The summed E-state index contributed by atoms with van der Waals surface area (Å²) < 4.78 is 4.61. The van der Waals surface area contributed by atoms with Gasteiger partial charge in [-0.1, -0.05) is 24.3 Å². The zero-order valence-electron chi connectivity index (χ0n) is 9.48. The highest BCUT2D eigenvalue weighted by molar-refractivity contribution is 5.70. The van der Waals surface area contributed by atoms with Crippen LogP contribution in [0.3, 0.4) is 0 Å². The van der Waals surface area contributed by atoms with Gasteiger partial charge < -0.3 is 10.5 Å². The van der Waals surface area contributed by atoms with Gasteiger partial charge in [0.05, 0.1) is 13.5 Å². The summed E-state index contributed by atoms with van der Waals surface area (Å²) in [5, 5.41) is 0. The van der Waals surface area contributed by atoms with Crippen molar-refractivity contribution in [3.63, 3.8) is 0 Å². The predicted molar refractivity (Wildman–Crippen MR) is 62.0 cm³/mol. The van der Waals surface area contributed by atoms with Crippen molar-refractivity contribution in [1.82, 2.24) is 0 Å². The first-order valence-corrected chi connectivity index (χ1v) is 5.63. The molecule has 1 aromatic rings. The summed E-state index contributed by atoms with van der Waals surface area (Å²) >= 11 is 0. The second-order valence-electron chi connectivity index (χ2n) is 4.33.